The van der Waals surface area contributed by atoms with Crippen LogP contribution < -0.4 is 0 Å². The van der Waals surface area contributed by atoms with Gasteiger partial charge in [-0.1, -0.05) is 41.0 Å². The van der Waals surface area contributed by atoms with E-state index in [9.17, 15) is 0 Å². The molecule has 0 fully saturated rings. The van der Waals surface area contributed by atoms with Gasteiger partial charge in [-0.3, -0.25) is 9.98 Å². The zero-order valence-electron chi connectivity index (χ0n) is 18.8. The Balaban J connectivity index is 1.98. The minimum absolute atomic E-state index is 0.410. The van der Waals surface area contributed by atoms with Gasteiger partial charge in [0.25, 0.3) is 0 Å². The molecule has 0 radical (unpaired) electrons. The Bertz CT molecular complexity index is 813. The van der Waals surface area contributed by atoms with Crippen LogP contribution in [0.5, 0.6) is 0 Å². The number of pyridine rings is 1. The highest BCUT2D eigenvalue weighted by molar-refractivity contribution is 6.09. The van der Waals surface area contributed by atoms with Gasteiger partial charge in [-0.15, -0.1) is 0 Å². The van der Waals surface area contributed by atoms with Crippen LogP contribution in [0.3, 0.4) is 0 Å². The fourth-order valence-electron chi connectivity index (χ4n) is 4.62. The fraction of sp³-hybridized carbons (Fsp3) is 0.600. The smallest absolute Gasteiger partial charge is 0.0752 e. The van der Waals surface area contributed by atoms with Crippen molar-refractivity contribution < 1.29 is 0 Å². The van der Waals surface area contributed by atoms with E-state index < -0.39 is 0 Å². The van der Waals surface area contributed by atoms with Crippen LogP contribution in [0.15, 0.2) is 34.5 Å². The average molecular weight is 380 g/mol. The van der Waals surface area contributed by atoms with Crippen LogP contribution in [0.4, 0.5) is 0 Å². The number of fused-ring (bicyclic) bond motifs is 1. The molecule has 1 aromatic heterocycles. The van der Waals surface area contributed by atoms with E-state index in [1.54, 1.807) is 0 Å². The molecule has 0 bridgehead atoms. The van der Waals surface area contributed by atoms with Gasteiger partial charge in [-0.2, -0.15) is 0 Å². The summed E-state index contributed by atoms with van der Waals surface area (Å²) in [5, 5.41) is 0. The predicted octanol–water partition coefficient (Wildman–Crippen LogP) is 6.51. The standard InChI is InChI=1S/C25H37N3/c1-8-11-19(9-2)28-15-18(7)25-23(28)14-17(6)24(27-25)20-12-13-22(16(4)5)26-21(20)10-3/h12-13,15-16,19,23H,8-11,14H2,1-7H3. The van der Waals surface area contributed by atoms with E-state index in [1.165, 1.54) is 53.1 Å². The number of nitrogens with zero attached hydrogens (tertiary/aromatic N) is 3. The van der Waals surface area contributed by atoms with Crippen LogP contribution in [0.2, 0.25) is 0 Å². The first-order valence-corrected chi connectivity index (χ1v) is 11.2. The lowest BCUT2D eigenvalue weighted by atomic mass is 9.91. The molecule has 28 heavy (non-hydrogen) atoms. The molecule has 1 aromatic rings. The van der Waals surface area contributed by atoms with Crippen molar-refractivity contribution >= 4 is 11.4 Å². The molecule has 3 rings (SSSR count). The molecule has 152 valence electrons. The number of aryl methyl sites for hydroxylation is 1. The van der Waals surface area contributed by atoms with Crippen molar-refractivity contribution in [3.63, 3.8) is 0 Å². The maximum Gasteiger partial charge on any atom is 0.0752 e. The Morgan fingerprint density at radius 2 is 1.89 bits per heavy atom. The highest BCUT2D eigenvalue weighted by Gasteiger charge is 2.36. The van der Waals surface area contributed by atoms with Gasteiger partial charge in [0.15, 0.2) is 0 Å². The van der Waals surface area contributed by atoms with Gasteiger partial charge in [0.2, 0.25) is 0 Å². The van der Waals surface area contributed by atoms with Crippen LogP contribution in [-0.4, -0.2) is 27.7 Å². The molecule has 0 saturated heterocycles. The highest BCUT2D eigenvalue weighted by Crippen LogP contribution is 2.37. The Labute approximate surface area is 171 Å². The predicted molar refractivity (Wildman–Crippen MR) is 121 cm³/mol. The summed E-state index contributed by atoms with van der Waals surface area (Å²) in [6, 6.07) is 5.46. The zero-order chi connectivity index (χ0) is 20.4. The first-order chi connectivity index (χ1) is 13.4. The second-order valence-electron chi connectivity index (χ2n) is 8.69. The maximum absolute atomic E-state index is 5.23. The molecule has 2 unspecified atom stereocenters. The van der Waals surface area contributed by atoms with Crippen LogP contribution in [-0.2, 0) is 6.42 Å². The Hall–Kier alpha value is -1.90. The monoisotopic (exact) mass is 379 g/mol. The van der Waals surface area contributed by atoms with Crippen molar-refractivity contribution in [3.8, 4) is 0 Å². The quantitative estimate of drug-likeness (QED) is 0.540. The summed E-state index contributed by atoms with van der Waals surface area (Å²) in [7, 11) is 0. The van der Waals surface area contributed by atoms with Gasteiger partial charge < -0.3 is 4.90 Å². The highest BCUT2D eigenvalue weighted by atomic mass is 15.2. The number of rotatable bonds is 7. The summed E-state index contributed by atoms with van der Waals surface area (Å²) in [5.41, 5.74) is 8.72. The molecule has 0 aliphatic carbocycles. The average Bonchev–Trinajstić information content (AvgIpc) is 3.00. The van der Waals surface area contributed by atoms with Gasteiger partial charge >= 0.3 is 0 Å². The Morgan fingerprint density at radius 3 is 2.50 bits per heavy atom. The first-order valence-electron chi connectivity index (χ1n) is 11.2. The summed E-state index contributed by atoms with van der Waals surface area (Å²) in [6.45, 7) is 15.7. The summed E-state index contributed by atoms with van der Waals surface area (Å²) < 4.78 is 0. The molecular weight excluding hydrogens is 342 g/mol. The van der Waals surface area contributed by atoms with Crippen molar-refractivity contribution in [2.75, 3.05) is 0 Å². The van der Waals surface area contributed by atoms with E-state index in [0.29, 0.717) is 18.0 Å². The fourth-order valence-corrected chi connectivity index (χ4v) is 4.62. The summed E-state index contributed by atoms with van der Waals surface area (Å²) in [4.78, 5) is 12.8. The van der Waals surface area contributed by atoms with Crippen molar-refractivity contribution in [2.24, 2.45) is 4.99 Å². The summed E-state index contributed by atoms with van der Waals surface area (Å²) in [6.07, 6.45) is 8.05. The lowest BCUT2D eigenvalue weighted by molar-refractivity contribution is 0.232. The molecule has 0 amide bonds. The van der Waals surface area contributed by atoms with Crippen LogP contribution >= 0.6 is 0 Å². The lowest BCUT2D eigenvalue weighted by Gasteiger charge is -2.35. The second kappa shape index (κ2) is 8.63. The molecule has 0 spiro atoms. The van der Waals surface area contributed by atoms with Crippen molar-refractivity contribution in [1.29, 1.82) is 0 Å². The third kappa shape index (κ3) is 3.81. The first kappa shape index (κ1) is 20.8. The molecule has 3 heteroatoms. The Kier molecular flexibility index (Phi) is 6.42. The largest absolute Gasteiger partial charge is 0.365 e. The molecular formula is C25H37N3. The van der Waals surface area contributed by atoms with Gasteiger partial charge in [0.05, 0.1) is 17.5 Å². The molecule has 2 atom stereocenters. The van der Waals surface area contributed by atoms with E-state index in [-0.39, 0.29) is 0 Å². The molecule has 3 nitrogen and oxygen atoms in total. The van der Waals surface area contributed by atoms with Crippen molar-refractivity contribution in [3.05, 3.63) is 46.4 Å². The second-order valence-corrected chi connectivity index (χ2v) is 8.69. The summed E-state index contributed by atoms with van der Waals surface area (Å²) in [5.74, 6) is 0.453. The van der Waals surface area contributed by atoms with E-state index in [2.05, 4.69) is 71.7 Å². The topological polar surface area (TPSA) is 28.5 Å². The van der Waals surface area contributed by atoms with Gasteiger partial charge in [-0.25, -0.2) is 0 Å². The molecule has 0 N–H and O–H groups in total. The molecule has 2 aliphatic rings. The van der Waals surface area contributed by atoms with Gasteiger partial charge in [-0.05, 0) is 68.7 Å². The van der Waals surface area contributed by atoms with E-state index in [1.807, 2.05) is 0 Å². The maximum atomic E-state index is 5.23. The third-order valence-corrected chi connectivity index (χ3v) is 6.25. The van der Waals surface area contributed by atoms with E-state index in [4.69, 9.17) is 9.98 Å². The van der Waals surface area contributed by atoms with Crippen LogP contribution in [0, 0.1) is 0 Å². The lowest BCUT2D eigenvalue weighted by Crippen LogP contribution is -2.41. The van der Waals surface area contributed by atoms with Crippen LogP contribution in [0.1, 0.15) is 97.0 Å². The number of hydrogen-bond acceptors (Lipinski definition) is 3. The van der Waals surface area contributed by atoms with Gasteiger partial charge in [0, 0.05) is 29.2 Å². The summed E-state index contributed by atoms with van der Waals surface area (Å²) >= 11 is 0. The molecule has 3 heterocycles. The normalized spacial score (nSPS) is 20.4. The number of aromatic nitrogens is 1. The van der Waals surface area contributed by atoms with Crippen LogP contribution in [0.25, 0.3) is 5.70 Å². The third-order valence-electron chi connectivity index (χ3n) is 6.25. The minimum Gasteiger partial charge on any atom is -0.365 e. The number of hydrogen-bond donors (Lipinski definition) is 0. The SMILES string of the molecule is CCCC(CC)N1C=C(C)C2=NC(c3ccc(C(C)C)nc3CC)=C(C)CC21. The van der Waals surface area contributed by atoms with E-state index >= 15 is 0 Å². The van der Waals surface area contributed by atoms with Crippen molar-refractivity contribution in [2.45, 2.75) is 98.6 Å². The number of aliphatic imine (C=N–C) groups is 1. The molecule has 0 saturated carbocycles. The molecule has 2 aliphatic heterocycles. The molecule has 0 aromatic carbocycles. The van der Waals surface area contributed by atoms with Gasteiger partial charge in [0.1, 0.15) is 0 Å². The van der Waals surface area contributed by atoms with E-state index in [0.717, 1.165) is 18.5 Å². The minimum atomic E-state index is 0.410. The Morgan fingerprint density at radius 1 is 1.14 bits per heavy atom. The van der Waals surface area contributed by atoms with Crippen molar-refractivity contribution in [1.82, 2.24) is 9.88 Å². The zero-order valence-corrected chi connectivity index (χ0v) is 18.8.